The number of carboxylic acid groups (broad SMARTS) is 1. The van der Waals surface area contributed by atoms with Gasteiger partial charge in [-0.15, -0.1) is 0 Å². The second-order valence-electron chi connectivity index (χ2n) is 15.0. The van der Waals surface area contributed by atoms with Crippen molar-refractivity contribution in [1.82, 2.24) is 0 Å². The number of aliphatic hydroxyl groups excluding tert-OH is 2. The van der Waals surface area contributed by atoms with E-state index in [2.05, 4.69) is 20.8 Å². The van der Waals surface area contributed by atoms with Gasteiger partial charge in [0.1, 0.15) is 0 Å². The largest absolute Gasteiger partial charge is 0.481 e. The molecular formula is C30H50O5. The zero-order valence-corrected chi connectivity index (χ0v) is 22.9. The Balaban J connectivity index is 1.39. The van der Waals surface area contributed by atoms with Gasteiger partial charge in [0.05, 0.1) is 23.2 Å². The smallest absolute Gasteiger partial charge is 0.312 e. The lowest BCUT2D eigenvalue weighted by atomic mass is 9.41. The van der Waals surface area contributed by atoms with Gasteiger partial charge in [-0.1, -0.05) is 20.8 Å². The zero-order chi connectivity index (χ0) is 25.8. The van der Waals surface area contributed by atoms with Crippen molar-refractivity contribution >= 4 is 5.97 Å². The molecule has 0 bridgehead atoms. The van der Waals surface area contributed by atoms with Crippen LogP contribution in [-0.4, -0.2) is 44.2 Å². The minimum atomic E-state index is -1.05. The third-order valence-corrected chi connectivity index (χ3v) is 13.7. The molecule has 0 radical (unpaired) electrons. The van der Waals surface area contributed by atoms with Crippen LogP contribution >= 0.6 is 0 Å². The van der Waals surface area contributed by atoms with Gasteiger partial charge >= 0.3 is 5.97 Å². The Hall–Kier alpha value is -0.650. The molecule has 5 nitrogen and oxygen atoms in total. The van der Waals surface area contributed by atoms with Crippen LogP contribution in [0.5, 0.6) is 0 Å². The molecule has 0 aromatic carbocycles. The summed E-state index contributed by atoms with van der Waals surface area (Å²) in [6.07, 6.45) is 9.92. The zero-order valence-electron chi connectivity index (χ0n) is 22.9. The van der Waals surface area contributed by atoms with Gasteiger partial charge in [0.15, 0.2) is 0 Å². The number of aliphatic hydroxyl groups is 3. The van der Waals surface area contributed by atoms with E-state index in [4.69, 9.17) is 0 Å². The van der Waals surface area contributed by atoms with E-state index < -0.39 is 29.2 Å². The lowest BCUT2D eigenvalue weighted by Crippen LogP contribution is -2.60. The van der Waals surface area contributed by atoms with Crippen LogP contribution in [0, 0.1) is 50.7 Å². The van der Waals surface area contributed by atoms with Crippen molar-refractivity contribution in [3.8, 4) is 0 Å². The molecule has 0 aromatic rings. The summed E-state index contributed by atoms with van der Waals surface area (Å²) in [4.78, 5) is 12.5. The third kappa shape index (κ3) is 3.13. The lowest BCUT2D eigenvalue weighted by molar-refractivity contribution is -0.189. The Kier molecular flexibility index (Phi) is 5.71. The van der Waals surface area contributed by atoms with Crippen LogP contribution in [0.2, 0.25) is 0 Å². The predicted octanol–water partition coefficient (Wildman–Crippen LogP) is 5.40. The van der Waals surface area contributed by atoms with Crippen molar-refractivity contribution in [2.24, 2.45) is 50.7 Å². The van der Waals surface area contributed by atoms with Crippen LogP contribution in [0.3, 0.4) is 0 Å². The Morgan fingerprint density at radius 1 is 0.914 bits per heavy atom. The monoisotopic (exact) mass is 490 g/mol. The van der Waals surface area contributed by atoms with Crippen molar-refractivity contribution < 1.29 is 25.2 Å². The highest BCUT2D eigenvalue weighted by Crippen LogP contribution is 2.89. The van der Waals surface area contributed by atoms with Crippen LogP contribution in [0.4, 0.5) is 0 Å². The van der Waals surface area contributed by atoms with Crippen molar-refractivity contribution in [2.75, 3.05) is 0 Å². The summed E-state index contributed by atoms with van der Waals surface area (Å²) in [6.45, 7) is 12.7. The maximum atomic E-state index is 12.5. The van der Waals surface area contributed by atoms with E-state index >= 15 is 0 Å². The Bertz CT molecular complexity index is 880. The molecule has 2 spiro atoms. The van der Waals surface area contributed by atoms with Crippen LogP contribution in [0.25, 0.3) is 0 Å². The first-order valence-corrected chi connectivity index (χ1v) is 14.4. The number of carboxylic acids is 1. The molecule has 11 atom stereocenters. The third-order valence-electron chi connectivity index (χ3n) is 13.7. The van der Waals surface area contributed by atoms with Crippen LogP contribution in [0.15, 0.2) is 0 Å². The molecule has 5 saturated carbocycles. The highest BCUT2D eigenvalue weighted by molar-refractivity contribution is 5.76. The number of hydrogen-bond acceptors (Lipinski definition) is 4. The van der Waals surface area contributed by atoms with E-state index in [0.717, 1.165) is 25.7 Å². The summed E-state index contributed by atoms with van der Waals surface area (Å²) < 4.78 is 0. The summed E-state index contributed by atoms with van der Waals surface area (Å²) in [6, 6.07) is 0. The molecule has 0 aliphatic heterocycles. The molecule has 200 valence electrons. The Labute approximate surface area is 212 Å². The Morgan fingerprint density at radius 3 is 2.17 bits per heavy atom. The highest BCUT2D eigenvalue weighted by Gasteiger charge is 2.83. The summed E-state index contributed by atoms with van der Waals surface area (Å²) in [5.74, 6) is 1.09. The van der Waals surface area contributed by atoms with Gasteiger partial charge < -0.3 is 20.4 Å². The molecule has 4 N–H and O–H groups in total. The maximum absolute atomic E-state index is 12.5. The predicted molar refractivity (Wildman–Crippen MR) is 136 cm³/mol. The summed E-state index contributed by atoms with van der Waals surface area (Å²) in [5.41, 5.74) is -1.14. The summed E-state index contributed by atoms with van der Waals surface area (Å²) in [7, 11) is 0. The van der Waals surface area contributed by atoms with E-state index in [1.807, 2.05) is 6.92 Å². The fraction of sp³-hybridized carbons (Fsp3) is 0.967. The fourth-order valence-electron chi connectivity index (χ4n) is 11.3. The second kappa shape index (κ2) is 7.69. The summed E-state index contributed by atoms with van der Waals surface area (Å²) in [5, 5.41) is 41.6. The number of rotatable bonds is 6. The first-order valence-electron chi connectivity index (χ1n) is 14.4. The first-order chi connectivity index (χ1) is 16.1. The minimum Gasteiger partial charge on any atom is -0.481 e. The number of hydrogen-bond donors (Lipinski definition) is 4. The number of fused-ring (bicyclic) bond motifs is 2. The molecule has 5 fully saturated rings. The maximum Gasteiger partial charge on any atom is 0.312 e. The first kappa shape index (κ1) is 26.0. The normalized spacial score (nSPS) is 52.5. The molecule has 1 unspecified atom stereocenters. The average molecular weight is 491 g/mol. The minimum absolute atomic E-state index is 0.0971. The highest BCUT2D eigenvalue weighted by atomic mass is 16.4. The van der Waals surface area contributed by atoms with Gasteiger partial charge in [-0.25, -0.2) is 0 Å². The number of aliphatic carboxylic acids is 1. The van der Waals surface area contributed by atoms with Gasteiger partial charge in [-0.2, -0.15) is 0 Å². The van der Waals surface area contributed by atoms with Crippen LogP contribution in [-0.2, 0) is 4.79 Å². The molecule has 5 aliphatic carbocycles. The van der Waals surface area contributed by atoms with E-state index in [1.54, 1.807) is 13.8 Å². The molecule has 5 rings (SSSR count). The van der Waals surface area contributed by atoms with E-state index in [9.17, 15) is 25.2 Å². The molecular weight excluding hydrogens is 440 g/mol. The van der Waals surface area contributed by atoms with E-state index in [1.165, 1.54) is 32.1 Å². The SMILES string of the molecule is C[C@H](CC[C@H](O)C(C)(C)O)[C@H]1CC[C@@]2(C)[C@@H]3CCC4[C@@]5(CC[C@H](O)[C@@]4(C)C(=O)O)C[C@@]35CC[C@]12C. The van der Waals surface area contributed by atoms with Crippen LogP contribution < -0.4 is 0 Å². The van der Waals surface area contributed by atoms with Gasteiger partial charge in [0.2, 0.25) is 0 Å². The van der Waals surface area contributed by atoms with Gasteiger partial charge in [0.25, 0.3) is 0 Å². The van der Waals surface area contributed by atoms with E-state index in [0.29, 0.717) is 30.6 Å². The Morgan fingerprint density at radius 2 is 1.54 bits per heavy atom. The molecule has 0 aromatic heterocycles. The van der Waals surface area contributed by atoms with Crippen molar-refractivity contribution in [3.05, 3.63) is 0 Å². The topological polar surface area (TPSA) is 98.0 Å². The standard InChI is InChI=1S/C30H50O5/c1-18(7-10-22(31)25(2,3)35)19-11-13-27(5)20-8-9-21-28(6,24(33)34)23(32)12-14-29(21)17-30(20,29)16-15-26(19,27)4/h18-23,31-32,35H,7-17H2,1-6H3,(H,33,34)/t18-,19-,20+,21?,22+,23+,26-,27+,28+,29-,30+/m1/s1. The molecule has 5 heteroatoms. The summed E-state index contributed by atoms with van der Waals surface area (Å²) >= 11 is 0. The van der Waals surface area contributed by atoms with Crippen LogP contribution in [0.1, 0.15) is 112 Å². The van der Waals surface area contributed by atoms with Gasteiger partial charge in [0, 0.05) is 0 Å². The van der Waals surface area contributed by atoms with Crippen molar-refractivity contribution in [2.45, 2.75) is 130 Å². The van der Waals surface area contributed by atoms with E-state index in [-0.39, 0.29) is 27.6 Å². The molecule has 0 saturated heterocycles. The molecule has 0 amide bonds. The molecule has 35 heavy (non-hydrogen) atoms. The fourth-order valence-corrected chi connectivity index (χ4v) is 11.3. The lowest BCUT2D eigenvalue weighted by Gasteiger charge is -2.63. The second-order valence-corrected chi connectivity index (χ2v) is 15.0. The quantitative estimate of drug-likeness (QED) is 0.400. The average Bonchev–Trinajstić information content (AvgIpc) is 3.36. The van der Waals surface area contributed by atoms with Crippen molar-refractivity contribution in [1.29, 1.82) is 0 Å². The van der Waals surface area contributed by atoms with Crippen molar-refractivity contribution in [3.63, 3.8) is 0 Å². The number of carbonyl (C=O) groups is 1. The van der Waals surface area contributed by atoms with Gasteiger partial charge in [-0.05, 0) is 137 Å². The molecule has 5 aliphatic rings. The van der Waals surface area contributed by atoms with Gasteiger partial charge in [-0.3, -0.25) is 4.79 Å². The molecule has 0 heterocycles.